The van der Waals surface area contributed by atoms with Crippen LogP contribution < -0.4 is 15.5 Å². The van der Waals surface area contributed by atoms with Crippen LogP contribution in [0.25, 0.3) is 0 Å². The van der Waals surface area contributed by atoms with E-state index < -0.39 is 11.9 Å². The Morgan fingerprint density at radius 2 is 1.97 bits per heavy atom. The summed E-state index contributed by atoms with van der Waals surface area (Å²) in [6.45, 7) is 0.630. The maximum atomic E-state index is 14.0. The number of nitrogens with zero attached hydrogens (tertiary/aromatic N) is 1. The van der Waals surface area contributed by atoms with Gasteiger partial charge in [-0.25, -0.2) is 9.18 Å². The fraction of sp³-hybridized carbons (Fsp3) is 0.200. The molecule has 0 aromatic heterocycles. The van der Waals surface area contributed by atoms with Gasteiger partial charge in [-0.1, -0.05) is 45.7 Å². The lowest BCUT2D eigenvalue weighted by Gasteiger charge is -2.22. The van der Waals surface area contributed by atoms with Gasteiger partial charge in [0.05, 0.1) is 6.04 Å². The predicted molar refractivity (Wildman–Crippen MR) is 129 cm³/mol. The highest BCUT2D eigenvalue weighted by atomic mass is 79.9. The first-order valence-corrected chi connectivity index (χ1v) is 11.8. The van der Waals surface area contributed by atoms with Crippen LogP contribution in [0.1, 0.15) is 45.9 Å². The summed E-state index contributed by atoms with van der Waals surface area (Å²) in [6, 6.07) is 14.5. The van der Waals surface area contributed by atoms with E-state index in [0.717, 1.165) is 18.5 Å². The number of nitrogens with one attached hydrogen (secondary N) is 2. The SMILES string of the molecule is O=C1NC(c2cc(F)ccc2Cl)c2c(NC(=O)N3CC4(CC4)c4ccccc43)cc(Br)cc21. The van der Waals surface area contributed by atoms with Gasteiger partial charge in [0.1, 0.15) is 5.82 Å². The Balaban J connectivity index is 1.40. The van der Waals surface area contributed by atoms with E-state index in [-0.39, 0.29) is 17.4 Å². The van der Waals surface area contributed by atoms with E-state index in [9.17, 15) is 14.0 Å². The maximum Gasteiger partial charge on any atom is 0.326 e. The lowest BCUT2D eigenvalue weighted by Crippen LogP contribution is -2.35. The minimum atomic E-state index is -0.681. The first-order chi connectivity index (χ1) is 15.9. The lowest BCUT2D eigenvalue weighted by molar-refractivity contribution is 0.0960. The summed E-state index contributed by atoms with van der Waals surface area (Å²) in [5, 5.41) is 6.22. The van der Waals surface area contributed by atoms with E-state index >= 15 is 0 Å². The molecule has 1 unspecified atom stereocenters. The molecular formula is C25H18BrClFN3O2. The Labute approximate surface area is 203 Å². The standard InChI is InChI=1S/C25H18BrClFN3O2/c26-13-9-16-21(22(30-23(16)32)15-11-14(28)5-6-18(15)27)19(10-13)29-24(33)31-12-25(7-8-25)17-3-1-2-4-20(17)31/h1-6,9-11,22H,7-8,12H2,(H,29,33)(H,30,32). The quantitative estimate of drug-likeness (QED) is 0.420. The molecule has 2 heterocycles. The molecule has 5 nitrogen and oxygen atoms in total. The van der Waals surface area contributed by atoms with Crippen LogP contribution in [0.3, 0.4) is 0 Å². The molecule has 3 amide bonds. The zero-order chi connectivity index (χ0) is 22.9. The largest absolute Gasteiger partial charge is 0.341 e. The lowest BCUT2D eigenvalue weighted by atomic mass is 9.96. The number of halogens is 3. The first kappa shape index (κ1) is 20.7. The number of hydrogen-bond donors (Lipinski definition) is 2. The van der Waals surface area contributed by atoms with Crippen LogP contribution in [-0.4, -0.2) is 18.5 Å². The third-order valence-corrected chi connectivity index (χ3v) is 7.59. The molecule has 1 saturated carbocycles. The second kappa shape index (κ2) is 7.30. The number of hydrogen-bond acceptors (Lipinski definition) is 2. The zero-order valence-corrected chi connectivity index (χ0v) is 19.6. The number of carbonyl (C=O) groups excluding carboxylic acids is 2. The van der Waals surface area contributed by atoms with Crippen molar-refractivity contribution in [2.75, 3.05) is 16.8 Å². The van der Waals surface area contributed by atoms with Crippen LogP contribution in [-0.2, 0) is 5.41 Å². The minimum Gasteiger partial charge on any atom is -0.341 e. The van der Waals surface area contributed by atoms with Crippen LogP contribution in [0.4, 0.5) is 20.6 Å². The Morgan fingerprint density at radius 1 is 1.18 bits per heavy atom. The van der Waals surface area contributed by atoms with E-state index in [2.05, 4.69) is 32.6 Å². The molecule has 3 aromatic carbocycles. The number of rotatable bonds is 2. The van der Waals surface area contributed by atoms with Crippen molar-refractivity contribution < 1.29 is 14.0 Å². The van der Waals surface area contributed by atoms with Crippen LogP contribution in [0.5, 0.6) is 0 Å². The summed E-state index contributed by atoms with van der Waals surface area (Å²) in [7, 11) is 0. The second-order valence-corrected chi connectivity index (χ2v) is 10.1. The van der Waals surface area contributed by atoms with E-state index in [1.807, 2.05) is 18.2 Å². The van der Waals surface area contributed by atoms with Crippen LogP contribution in [0, 0.1) is 5.82 Å². The van der Waals surface area contributed by atoms with Crippen LogP contribution in [0.2, 0.25) is 5.02 Å². The number of amides is 3. The Bertz CT molecular complexity index is 1360. The molecule has 2 N–H and O–H groups in total. The van der Waals surface area contributed by atoms with Crippen molar-refractivity contribution in [1.82, 2.24) is 5.32 Å². The summed E-state index contributed by atoms with van der Waals surface area (Å²) in [6.07, 6.45) is 2.14. The monoisotopic (exact) mass is 525 g/mol. The number of para-hydroxylation sites is 1. The highest BCUT2D eigenvalue weighted by Gasteiger charge is 2.53. The van der Waals surface area contributed by atoms with Gasteiger partial charge in [-0.15, -0.1) is 0 Å². The van der Waals surface area contributed by atoms with Gasteiger partial charge < -0.3 is 10.6 Å². The summed E-state index contributed by atoms with van der Waals surface area (Å²) in [4.78, 5) is 28.0. The Morgan fingerprint density at radius 3 is 2.76 bits per heavy atom. The number of anilines is 2. The molecule has 6 rings (SSSR count). The van der Waals surface area contributed by atoms with Gasteiger partial charge in [0.2, 0.25) is 0 Å². The molecule has 3 aromatic rings. The third kappa shape index (κ3) is 3.25. The second-order valence-electron chi connectivity index (χ2n) is 8.80. The van der Waals surface area contributed by atoms with Crippen molar-refractivity contribution in [3.05, 3.63) is 92.2 Å². The molecule has 0 saturated heterocycles. The van der Waals surface area contributed by atoms with Crippen molar-refractivity contribution >= 4 is 50.8 Å². The molecule has 166 valence electrons. The van der Waals surface area contributed by atoms with Gasteiger partial charge in [0.15, 0.2) is 0 Å². The van der Waals surface area contributed by atoms with E-state index in [1.54, 1.807) is 17.0 Å². The topological polar surface area (TPSA) is 61.4 Å². The van der Waals surface area contributed by atoms with Gasteiger partial charge in [-0.3, -0.25) is 9.69 Å². The Kier molecular flexibility index (Phi) is 4.58. The van der Waals surface area contributed by atoms with Crippen molar-refractivity contribution in [1.29, 1.82) is 0 Å². The minimum absolute atomic E-state index is 0.0578. The highest BCUT2D eigenvalue weighted by molar-refractivity contribution is 9.10. The molecule has 2 aliphatic heterocycles. The van der Waals surface area contributed by atoms with Gasteiger partial charge in [-0.05, 0) is 54.8 Å². The van der Waals surface area contributed by atoms with Gasteiger partial charge >= 0.3 is 6.03 Å². The van der Waals surface area contributed by atoms with E-state index in [4.69, 9.17) is 11.6 Å². The van der Waals surface area contributed by atoms with Crippen molar-refractivity contribution in [2.24, 2.45) is 0 Å². The van der Waals surface area contributed by atoms with Crippen molar-refractivity contribution in [3.63, 3.8) is 0 Å². The van der Waals surface area contributed by atoms with Crippen LogP contribution >= 0.6 is 27.5 Å². The molecule has 1 atom stereocenters. The maximum absolute atomic E-state index is 14.0. The van der Waals surface area contributed by atoms with Gasteiger partial charge in [0.25, 0.3) is 5.91 Å². The average molecular weight is 527 g/mol. The van der Waals surface area contributed by atoms with Gasteiger partial charge in [-0.2, -0.15) is 0 Å². The predicted octanol–water partition coefficient (Wildman–Crippen LogP) is 6.16. The molecule has 3 aliphatic rings. The molecule has 1 spiro atoms. The van der Waals surface area contributed by atoms with E-state index in [1.165, 1.54) is 23.8 Å². The molecule has 0 bridgehead atoms. The fourth-order valence-corrected chi connectivity index (χ4v) is 5.73. The summed E-state index contributed by atoms with van der Waals surface area (Å²) < 4.78 is 14.7. The van der Waals surface area contributed by atoms with Crippen LogP contribution in [0.15, 0.2) is 59.1 Å². The normalized spacial score (nSPS) is 19.3. The number of urea groups is 1. The van der Waals surface area contributed by atoms with Crippen molar-refractivity contribution in [3.8, 4) is 0 Å². The highest BCUT2D eigenvalue weighted by Crippen LogP contribution is 2.56. The summed E-state index contributed by atoms with van der Waals surface area (Å²) in [5.74, 6) is -0.765. The molecule has 33 heavy (non-hydrogen) atoms. The fourth-order valence-electron chi connectivity index (χ4n) is 5.04. The average Bonchev–Trinajstić information content (AvgIpc) is 3.40. The number of fused-ring (bicyclic) bond motifs is 3. The molecule has 1 aliphatic carbocycles. The first-order valence-electron chi connectivity index (χ1n) is 10.6. The van der Waals surface area contributed by atoms with E-state index in [0.29, 0.717) is 38.4 Å². The zero-order valence-electron chi connectivity index (χ0n) is 17.3. The number of benzene rings is 3. The van der Waals surface area contributed by atoms with Gasteiger partial charge in [0, 0.05) is 49.5 Å². The Hall–Kier alpha value is -2.90. The molecule has 8 heteroatoms. The third-order valence-electron chi connectivity index (χ3n) is 6.79. The molecule has 1 fully saturated rings. The smallest absolute Gasteiger partial charge is 0.326 e. The van der Waals surface area contributed by atoms with Crippen molar-refractivity contribution in [2.45, 2.75) is 24.3 Å². The summed E-state index contributed by atoms with van der Waals surface area (Å²) in [5.41, 5.74) is 4.07. The summed E-state index contributed by atoms with van der Waals surface area (Å²) >= 11 is 9.80. The number of carbonyl (C=O) groups is 2. The molecule has 0 radical (unpaired) electrons. The molecular weight excluding hydrogens is 509 g/mol.